The molecule has 6 rings (SSSR count). The van der Waals surface area contributed by atoms with Crippen LogP contribution < -0.4 is 0 Å². The van der Waals surface area contributed by atoms with Crippen LogP contribution in [-0.2, 0) is 0 Å². The molecule has 0 saturated heterocycles. The summed E-state index contributed by atoms with van der Waals surface area (Å²) in [6, 6.07) is 26.7. The van der Waals surface area contributed by atoms with E-state index in [0.29, 0.717) is 32.7 Å². The lowest BCUT2D eigenvalue weighted by molar-refractivity contribution is 0.572. The SMILES string of the molecule is S=c1[nH]nc(-c2ccco2)n1N=Cc1ccccc1.S=c1[nH]nc(-c2ccco2)n1N=Cc1ccccc1. The highest BCUT2D eigenvalue weighted by molar-refractivity contribution is 7.71. The molecule has 12 heteroatoms. The molecule has 4 heterocycles. The Hall–Kier alpha value is -4.94. The third kappa shape index (κ3) is 5.88. The second kappa shape index (κ2) is 11.9. The molecule has 188 valence electrons. The minimum atomic E-state index is 0.415. The molecule has 4 aromatic heterocycles. The average Bonchev–Trinajstić information content (AvgIpc) is 3.76. The van der Waals surface area contributed by atoms with E-state index in [-0.39, 0.29) is 0 Å². The quantitative estimate of drug-likeness (QED) is 0.193. The lowest BCUT2D eigenvalue weighted by Crippen LogP contribution is -1.94. The number of aromatic amines is 2. The summed E-state index contributed by atoms with van der Waals surface area (Å²) in [7, 11) is 0. The molecule has 0 amide bonds. The van der Waals surface area contributed by atoms with Gasteiger partial charge in [0.15, 0.2) is 11.5 Å². The summed E-state index contributed by atoms with van der Waals surface area (Å²) in [6.45, 7) is 0. The molecular weight excluding hydrogens is 520 g/mol. The van der Waals surface area contributed by atoms with Crippen molar-refractivity contribution in [3.05, 3.63) is 118 Å². The second-order valence-corrected chi connectivity index (χ2v) is 8.37. The highest BCUT2D eigenvalue weighted by Crippen LogP contribution is 2.18. The Morgan fingerprint density at radius 2 is 1.03 bits per heavy atom. The highest BCUT2D eigenvalue weighted by Gasteiger charge is 2.11. The number of benzene rings is 2. The minimum absolute atomic E-state index is 0.415. The van der Waals surface area contributed by atoms with Gasteiger partial charge in [-0.25, -0.2) is 10.2 Å². The number of aromatic nitrogens is 6. The van der Waals surface area contributed by atoms with E-state index in [0.717, 1.165) is 11.1 Å². The van der Waals surface area contributed by atoms with E-state index in [1.165, 1.54) is 9.35 Å². The fourth-order valence-corrected chi connectivity index (χ4v) is 3.61. The summed E-state index contributed by atoms with van der Waals surface area (Å²) in [6.07, 6.45) is 6.60. The minimum Gasteiger partial charge on any atom is -0.461 e. The van der Waals surface area contributed by atoms with Crippen LogP contribution in [0, 0.1) is 9.54 Å². The van der Waals surface area contributed by atoms with E-state index in [2.05, 4.69) is 30.6 Å². The zero-order valence-electron chi connectivity index (χ0n) is 19.7. The predicted molar refractivity (Wildman–Crippen MR) is 149 cm³/mol. The van der Waals surface area contributed by atoms with Gasteiger partial charge in [0.25, 0.3) is 0 Å². The molecule has 0 fully saturated rings. The highest BCUT2D eigenvalue weighted by atomic mass is 32.1. The largest absolute Gasteiger partial charge is 0.461 e. The van der Waals surface area contributed by atoms with Gasteiger partial charge in [-0.1, -0.05) is 60.7 Å². The molecule has 38 heavy (non-hydrogen) atoms. The topological polar surface area (TPSA) is 118 Å². The number of nitrogens with one attached hydrogen (secondary N) is 2. The van der Waals surface area contributed by atoms with Crippen molar-refractivity contribution in [2.24, 2.45) is 10.2 Å². The Labute approximate surface area is 226 Å². The van der Waals surface area contributed by atoms with Crippen molar-refractivity contribution in [1.29, 1.82) is 0 Å². The van der Waals surface area contributed by atoms with E-state index in [9.17, 15) is 0 Å². The van der Waals surface area contributed by atoms with Crippen LogP contribution in [0.2, 0.25) is 0 Å². The standard InChI is InChI=1S/2C13H10N4OS/c2*19-13-16-15-12(11-7-4-8-18-11)17(13)14-9-10-5-2-1-3-6-10/h2*1-9H,(H,16,19). The van der Waals surface area contributed by atoms with Crippen molar-refractivity contribution in [3.63, 3.8) is 0 Å². The Morgan fingerprint density at radius 1 is 0.605 bits per heavy atom. The first-order chi connectivity index (χ1) is 18.7. The Bertz CT molecular complexity index is 1610. The van der Waals surface area contributed by atoms with Crippen molar-refractivity contribution in [1.82, 2.24) is 29.7 Å². The van der Waals surface area contributed by atoms with Crippen molar-refractivity contribution in [3.8, 4) is 23.2 Å². The van der Waals surface area contributed by atoms with Crippen LogP contribution in [0.1, 0.15) is 11.1 Å². The van der Waals surface area contributed by atoms with Gasteiger partial charge in [0.05, 0.1) is 25.0 Å². The molecule has 6 aromatic rings. The first kappa shape index (κ1) is 24.7. The lowest BCUT2D eigenvalue weighted by atomic mass is 10.2. The molecule has 2 aromatic carbocycles. The van der Waals surface area contributed by atoms with Crippen LogP contribution in [0.25, 0.3) is 23.2 Å². The van der Waals surface area contributed by atoms with Crippen LogP contribution in [0.3, 0.4) is 0 Å². The van der Waals surface area contributed by atoms with Crippen LogP contribution in [0.15, 0.2) is 116 Å². The van der Waals surface area contributed by atoms with Crippen LogP contribution >= 0.6 is 24.4 Å². The fraction of sp³-hybridized carbons (Fsp3) is 0. The van der Waals surface area contributed by atoms with Crippen LogP contribution in [-0.4, -0.2) is 42.2 Å². The Kier molecular flexibility index (Phi) is 7.72. The van der Waals surface area contributed by atoms with Gasteiger partial charge in [-0.15, -0.1) is 10.2 Å². The lowest BCUT2D eigenvalue weighted by Gasteiger charge is -1.97. The van der Waals surface area contributed by atoms with Crippen molar-refractivity contribution < 1.29 is 8.83 Å². The summed E-state index contributed by atoms with van der Waals surface area (Å²) < 4.78 is 14.5. The second-order valence-electron chi connectivity index (χ2n) is 7.59. The van der Waals surface area contributed by atoms with Crippen LogP contribution in [0.5, 0.6) is 0 Å². The van der Waals surface area contributed by atoms with E-state index in [4.69, 9.17) is 33.3 Å². The summed E-state index contributed by atoms with van der Waals surface area (Å²) in [5, 5.41) is 22.3. The molecule has 0 bridgehead atoms. The monoisotopic (exact) mass is 540 g/mol. The maximum atomic E-state index is 5.30. The van der Waals surface area contributed by atoms with Crippen molar-refractivity contribution in [2.75, 3.05) is 0 Å². The van der Waals surface area contributed by atoms with E-state index in [1.54, 1.807) is 49.2 Å². The number of furan rings is 2. The Balaban J connectivity index is 0.000000155. The number of nitrogens with zero attached hydrogens (tertiary/aromatic N) is 6. The summed E-state index contributed by atoms with van der Waals surface area (Å²) in [4.78, 5) is 0. The van der Waals surface area contributed by atoms with Crippen LogP contribution in [0.4, 0.5) is 0 Å². The molecular formula is C26H20N8O2S2. The molecule has 0 aliphatic heterocycles. The maximum Gasteiger partial charge on any atom is 0.219 e. The summed E-state index contributed by atoms with van der Waals surface area (Å²) >= 11 is 10.3. The zero-order valence-corrected chi connectivity index (χ0v) is 21.3. The molecule has 0 unspecified atom stereocenters. The molecule has 2 N–H and O–H groups in total. The molecule has 0 atom stereocenters. The van der Waals surface area contributed by atoms with E-state index in [1.807, 2.05) is 60.7 Å². The van der Waals surface area contributed by atoms with Gasteiger partial charge in [0, 0.05) is 0 Å². The van der Waals surface area contributed by atoms with Crippen molar-refractivity contribution >= 4 is 36.9 Å². The zero-order chi connectivity index (χ0) is 26.2. The van der Waals surface area contributed by atoms with Gasteiger partial charge in [-0.3, -0.25) is 0 Å². The number of hydrogen-bond acceptors (Lipinski definition) is 8. The van der Waals surface area contributed by atoms with Gasteiger partial charge in [0.2, 0.25) is 21.2 Å². The molecule has 0 aliphatic rings. The van der Waals surface area contributed by atoms with Gasteiger partial charge in [-0.2, -0.15) is 19.6 Å². The predicted octanol–water partition coefficient (Wildman–Crippen LogP) is 6.17. The Morgan fingerprint density at radius 3 is 1.39 bits per heavy atom. The first-order valence-corrected chi connectivity index (χ1v) is 12.1. The van der Waals surface area contributed by atoms with E-state index < -0.39 is 0 Å². The molecule has 0 aliphatic carbocycles. The number of rotatable bonds is 6. The normalized spacial score (nSPS) is 11.2. The van der Waals surface area contributed by atoms with Gasteiger partial charge >= 0.3 is 0 Å². The average molecular weight is 541 g/mol. The van der Waals surface area contributed by atoms with Crippen molar-refractivity contribution in [2.45, 2.75) is 0 Å². The van der Waals surface area contributed by atoms with Gasteiger partial charge in [0.1, 0.15) is 0 Å². The van der Waals surface area contributed by atoms with Gasteiger partial charge in [-0.05, 0) is 59.8 Å². The number of hydrogen-bond donors (Lipinski definition) is 2. The molecule has 0 radical (unpaired) electrons. The third-order valence-corrected chi connectivity index (χ3v) is 5.56. The fourth-order valence-electron chi connectivity index (χ4n) is 3.26. The maximum absolute atomic E-state index is 5.30. The molecule has 0 saturated carbocycles. The summed E-state index contributed by atoms with van der Waals surface area (Å²) in [5.74, 6) is 2.31. The summed E-state index contributed by atoms with van der Waals surface area (Å²) in [5.41, 5.74) is 1.96. The van der Waals surface area contributed by atoms with E-state index >= 15 is 0 Å². The molecule has 10 nitrogen and oxygen atoms in total. The molecule has 0 spiro atoms. The number of H-pyrrole nitrogens is 2. The third-order valence-electron chi connectivity index (χ3n) is 5.03. The first-order valence-electron chi connectivity index (χ1n) is 11.3. The van der Waals surface area contributed by atoms with Gasteiger partial charge < -0.3 is 8.83 Å². The smallest absolute Gasteiger partial charge is 0.219 e.